The average molecular weight is 1200 g/mol. The van der Waals surface area contributed by atoms with E-state index in [1.807, 2.05) is 75.5 Å². The lowest BCUT2D eigenvalue weighted by Crippen LogP contribution is -2.75. The lowest BCUT2D eigenvalue weighted by molar-refractivity contribution is -0.683. The Morgan fingerprint density at radius 3 is 0.902 bits per heavy atom. The van der Waals surface area contributed by atoms with Gasteiger partial charge in [-0.3, -0.25) is 9.59 Å². The highest BCUT2D eigenvalue weighted by Gasteiger charge is 2.47. The van der Waals surface area contributed by atoms with Crippen molar-refractivity contribution in [3.63, 3.8) is 0 Å². The topological polar surface area (TPSA) is 38.0 Å². The maximum atomic E-state index is 14.2. The second kappa shape index (κ2) is 21.7. The fourth-order valence-corrected chi connectivity index (χ4v) is 8.94. The van der Waals surface area contributed by atoms with Crippen LogP contribution in [0.5, 0.6) is 0 Å². The molecule has 0 radical (unpaired) electrons. The quantitative estimate of drug-likeness (QED) is 0.0658. The van der Waals surface area contributed by atoms with Crippen LogP contribution >= 0.6 is 0 Å². The summed E-state index contributed by atoms with van der Waals surface area (Å²) in [4.78, 5) is 25.7. The monoisotopic (exact) mass is 1200 g/mol. The van der Waals surface area contributed by atoms with Crippen molar-refractivity contribution in [2.24, 2.45) is 5.41 Å². The van der Waals surface area contributed by atoms with Crippen molar-refractivity contribution in [1.29, 1.82) is 0 Å². The van der Waals surface area contributed by atoms with E-state index >= 15 is 0 Å². The summed E-state index contributed by atoms with van der Waals surface area (Å²) in [6.07, 6.45) is -53.0. The van der Waals surface area contributed by atoms with Crippen molar-refractivity contribution >= 4 is 50.3 Å². The zero-order valence-corrected chi connectivity index (χ0v) is 41.4. The molecular formula is C54H34BF24NO2. The summed E-state index contributed by atoms with van der Waals surface area (Å²) < 4.78 is 343. The van der Waals surface area contributed by atoms with Gasteiger partial charge in [0.05, 0.1) is 49.9 Å². The second-order valence-electron chi connectivity index (χ2n) is 19.5. The summed E-state index contributed by atoms with van der Waals surface area (Å²) in [5.74, 6) is 0.0222. The molecule has 0 atom stereocenters. The van der Waals surface area contributed by atoms with E-state index < -0.39 is 200 Å². The van der Waals surface area contributed by atoms with Crippen LogP contribution in [0.1, 0.15) is 86.1 Å². The van der Waals surface area contributed by atoms with Crippen molar-refractivity contribution < 1.29 is 120 Å². The van der Waals surface area contributed by atoms with Gasteiger partial charge in [-0.15, -0.1) is 0 Å². The van der Waals surface area contributed by atoms with Gasteiger partial charge < -0.3 is 0 Å². The van der Waals surface area contributed by atoms with Crippen LogP contribution in [-0.4, -0.2) is 17.7 Å². The number of halogens is 24. The number of fused-ring (bicyclic) bond motifs is 1. The molecule has 28 heteroatoms. The molecule has 0 amide bonds. The molecular weight excluding hydrogens is 1160 g/mol. The Bertz CT molecular complexity index is 3080. The van der Waals surface area contributed by atoms with E-state index in [0.29, 0.717) is 11.3 Å². The number of hydrogen-bond acceptors (Lipinski definition) is 2. The lowest BCUT2D eigenvalue weighted by Gasteiger charge is -2.46. The fraction of sp³-hybridized carbons (Fsp3) is 0.241. The van der Waals surface area contributed by atoms with Crippen molar-refractivity contribution in [2.45, 2.75) is 76.7 Å². The minimum atomic E-state index is -6.13. The van der Waals surface area contributed by atoms with Crippen molar-refractivity contribution in [3.05, 3.63) is 195 Å². The molecule has 7 aromatic rings. The minimum absolute atomic E-state index is 0.0103. The van der Waals surface area contributed by atoms with Gasteiger partial charge in [0, 0.05) is 17.0 Å². The average Bonchev–Trinajstić information content (AvgIpc) is 1.08. The molecule has 0 saturated carbocycles. The van der Waals surface area contributed by atoms with Gasteiger partial charge in [-0.25, -0.2) is 0 Å². The molecule has 0 aliphatic rings. The number of aromatic nitrogens is 1. The number of ketones is 2. The maximum absolute atomic E-state index is 14.2. The first-order valence-corrected chi connectivity index (χ1v) is 23.0. The van der Waals surface area contributed by atoms with Gasteiger partial charge in [-0.1, -0.05) is 118 Å². The number of carbonyl (C=O) groups is 2. The Morgan fingerprint density at radius 2 is 0.634 bits per heavy atom. The summed E-state index contributed by atoms with van der Waals surface area (Å²) in [5, 5.41) is 1.88. The normalized spacial score (nSPS) is 13.5. The molecule has 0 fully saturated rings. The highest BCUT2D eigenvalue weighted by molar-refractivity contribution is 7.20. The first-order valence-electron chi connectivity index (χ1n) is 23.0. The van der Waals surface area contributed by atoms with Crippen LogP contribution in [0.15, 0.2) is 140 Å². The molecule has 6 aromatic carbocycles. The Balaban J connectivity index is 0.000000357. The molecule has 0 saturated heterocycles. The molecule has 1 heterocycles. The molecule has 82 heavy (non-hydrogen) atoms. The molecule has 0 spiro atoms. The fourth-order valence-electron chi connectivity index (χ4n) is 8.94. The molecule has 0 N–H and O–H groups in total. The largest absolute Gasteiger partial charge is 0.416 e. The summed E-state index contributed by atoms with van der Waals surface area (Å²) in [7, 11) is 0. The number of rotatable bonds is 8. The van der Waals surface area contributed by atoms with Crippen LogP contribution in [0, 0.1) is 5.41 Å². The standard InChI is InChI=1S/C32H12BF24.C22H22NO2/c34-25(35,36)13-1-14(26(37,38)39)6-21(5-13)33(22-7-15(27(40,41)42)2-16(8-22)28(43,44)45,23-9-17(29(46,47)48)3-18(10-23)30(49,50)51)24-11-19(31(52,53)54)4-20(12-24)32(55,56)57;1-22(2,3)21(25)20-18-12-8-7-9-16(18)13-14-23(20)15-19(24)17-10-5-4-6-11-17/h1-12H;4-14H,15H2,1-3H3/q-1;+1. The summed E-state index contributed by atoms with van der Waals surface area (Å²) in [6, 6.07) is 10.1. The van der Waals surface area contributed by atoms with Gasteiger partial charge in [-0.05, 0) is 35.7 Å². The van der Waals surface area contributed by atoms with E-state index in [2.05, 4.69) is 0 Å². The highest BCUT2D eigenvalue weighted by Crippen LogP contribution is 2.42. The van der Waals surface area contributed by atoms with E-state index in [9.17, 15) is 115 Å². The third-order valence-electron chi connectivity index (χ3n) is 12.7. The van der Waals surface area contributed by atoms with Crippen molar-refractivity contribution in [1.82, 2.24) is 0 Å². The van der Waals surface area contributed by atoms with Gasteiger partial charge in [0.2, 0.25) is 18.1 Å². The Kier molecular flexibility index (Phi) is 16.8. The number of benzene rings is 6. The lowest BCUT2D eigenvalue weighted by atomic mass is 9.12. The predicted molar refractivity (Wildman–Crippen MR) is 249 cm³/mol. The van der Waals surface area contributed by atoms with E-state index in [4.69, 9.17) is 0 Å². The van der Waals surface area contributed by atoms with Crippen molar-refractivity contribution in [2.75, 3.05) is 0 Å². The Labute approximate surface area is 446 Å². The van der Waals surface area contributed by atoms with Crippen LogP contribution in [0.2, 0.25) is 0 Å². The molecule has 0 aliphatic heterocycles. The van der Waals surface area contributed by atoms with Gasteiger partial charge in [-0.2, -0.15) is 132 Å². The van der Waals surface area contributed by atoms with Crippen LogP contribution in [0.4, 0.5) is 105 Å². The van der Waals surface area contributed by atoms with Crippen LogP contribution in [-0.2, 0) is 56.0 Å². The number of nitrogens with zero attached hydrogens (tertiary/aromatic N) is 1. The molecule has 0 unspecified atom stereocenters. The van der Waals surface area contributed by atoms with Crippen LogP contribution in [0.3, 0.4) is 0 Å². The Morgan fingerprint density at radius 1 is 0.366 bits per heavy atom. The number of Topliss-reactive ketones (excluding diaryl/α,β-unsaturated/α-hetero) is 2. The third-order valence-corrected chi connectivity index (χ3v) is 12.7. The SMILES string of the molecule is CC(C)(C)C(=O)c1c2ccccc2cc[n+]1CC(=O)c1ccccc1.FC(F)(F)c1cc([B-](c2cc(C(F)(F)F)cc(C(F)(F)F)c2)(c2cc(C(F)(F)F)cc(C(F)(F)F)c2)c2cc(C(F)(F)F)cc(C(F)(F)F)c2)cc(C(F)(F)F)c1. The molecule has 7 rings (SSSR count). The zero-order chi connectivity index (χ0) is 61.9. The highest BCUT2D eigenvalue weighted by atomic mass is 19.4. The van der Waals surface area contributed by atoms with E-state index in [1.54, 1.807) is 16.7 Å². The molecule has 0 aliphatic carbocycles. The van der Waals surface area contributed by atoms with E-state index in [-0.39, 0.29) is 18.1 Å². The molecule has 0 bridgehead atoms. The third kappa shape index (κ3) is 14.0. The summed E-state index contributed by atoms with van der Waals surface area (Å²) >= 11 is 0. The molecule has 3 nitrogen and oxygen atoms in total. The first-order chi connectivity index (χ1) is 37.1. The van der Waals surface area contributed by atoms with E-state index in [1.165, 1.54) is 0 Å². The van der Waals surface area contributed by atoms with Gasteiger partial charge in [0.1, 0.15) is 6.15 Å². The number of hydrogen-bond donors (Lipinski definition) is 0. The summed E-state index contributed by atoms with van der Waals surface area (Å²) in [5.41, 5.74) is -29.5. The predicted octanol–water partition coefficient (Wildman–Crippen LogP) is 15.5. The zero-order valence-electron chi connectivity index (χ0n) is 41.4. The molecule has 1 aromatic heterocycles. The van der Waals surface area contributed by atoms with Gasteiger partial charge in [0.25, 0.3) is 5.69 Å². The number of alkyl halides is 24. The number of carbonyl (C=O) groups excluding carboxylic acids is 2. The smallest absolute Gasteiger partial charge is 0.287 e. The number of pyridine rings is 1. The van der Waals surface area contributed by atoms with Crippen LogP contribution < -0.4 is 26.4 Å². The first kappa shape index (κ1) is 63.6. The molecule has 438 valence electrons. The van der Waals surface area contributed by atoms with Gasteiger partial charge in [0.15, 0.2) is 6.20 Å². The van der Waals surface area contributed by atoms with Crippen LogP contribution in [0.25, 0.3) is 10.8 Å². The minimum Gasteiger partial charge on any atom is -0.287 e. The second-order valence-corrected chi connectivity index (χ2v) is 19.5. The van der Waals surface area contributed by atoms with Crippen molar-refractivity contribution in [3.8, 4) is 0 Å². The summed E-state index contributed by atoms with van der Waals surface area (Å²) in [6.45, 7) is 5.85. The Hall–Kier alpha value is -7.55. The van der Waals surface area contributed by atoms with E-state index in [0.717, 1.165) is 10.8 Å². The van der Waals surface area contributed by atoms with Gasteiger partial charge >= 0.3 is 49.4 Å². The maximum Gasteiger partial charge on any atom is 0.416 e.